The van der Waals surface area contributed by atoms with Crippen LogP contribution in [0.3, 0.4) is 0 Å². The minimum atomic E-state index is -0.413. The number of benzene rings is 3. The van der Waals surface area contributed by atoms with Crippen LogP contribution >= 0.6 is 11.6 Å². The van der Waals surface area contributed by atoms with Crippen molar-refractivity contribution >= 4 is 35.3 Å². The van der Waals surface area contributed by atoms with Crippen molar-refractivity contribution in [1.82, 2.24) is 5.43 Å². The van der Waals surface area contributed by atoms with Gasteiger partial charge in [-0.25, -0.2) is 9.82 Å². The zero-order valence-electron chi connectivity index (χ0n) is 15.6. The molecule has 152 valence electrons. The van der Waals surface area contributed by atoms with E-state index in [9.17, 15) is 14.0 Å². The van der Waals surface area contributed by atoms with Gasteiger partial charge in [-0.1, -0.05) is 23.7 Å². The first-order valence-electron chi connectivity index (χ1n) is 8.87. The van der Waals surface area contributed by atoms with Gasteiger partial charge in [0.15, 0.2) is 6.61 Å². The maximum Gasteiger partial charge on any atom is 0.272 e. The Kier molecular flexibility index (Phi) is 7.13. The summed E-state index contributed by atoms with van der Waals surface area (Å²) in [6, 6.07) is 18.9. The van der Waals surface area contributed by atoms with Gasteiger partial charge >= 0.3 is 0 Å². The van der Waals surface area contributed by atoms with Gasteiger partial charge in [-0.15, -0.1) is 0 Å². The fourth-order valence-electron chi connectivity index (χ4n) is 2.40. The van der Waals surface area contributed by atoms with E-state index in [4.69, 9.17) is 16.3 Å². The van der Waals surface area contributed by atoms with Crippen molar-refractivity contribution in [2.45, 2.75) is 0 Å². The molecule has 3 aromatic carbocycles. The first kappa shape index (κ1) is 21.0. The Morgan fingerprint density at radius 1 is 1.00 bits per heavy atom. The summed E-state index contributed by atoms with van der Waals surface area (Å²) in [4.78, 5) is 23.9. The molecule has 0 radical (unpaired) electrons. The molecule has 0 unspecified atom stereocenters. The zero-order valence-corrected chi connectivity index (χ0v) is 16.4. The van der Waals surface area contributed by atoms with Gasteiger partial charge in [-0.2, -0.15) is 5.10 Å². The van der Waals surface area contributed by atoms with Gasteiger partial charge in [-0.05, 0) is 66.2 Å². The molecular formula is C22H17ClFN3O3. The molecule has 0 fully saturated rings. The topological polar surface area (TPSA) is 79.8 Å². The first-order valence-corrected chi connectivity index (χ1v) is 9.25. The molecule has 3 aromatic rings. The van der Waals surface area contributed by atoms with E-state index in [1.165, 1.54) is 30.5 Å². The van der Waals surface area contributed by atoms with Crippen LogP contribution in [0.15, 0.2) is 77.9 Å². The van der Waals surface area contributed by atoms with E-state index in [2.05, 4.69) is 15.8 Å². The summed E-state index contributed by atoms with van der Waals surface area (Å²) < 4.78 is 18.3. The van der Waals surface area contributed by atoms with Crippen molar-refractivity contribution in [1.29, 1.82) is 0 Å². The molecule has 0 saturated carbocycles. The Morgan fingerprint density at radius 2 is 1.70 bits per heavy atom. The summed E-state index contributed by atoms with van der Waals surface area (Å²) >= 11 is 5.97. The number of anilines is 1. The van der Waals surface area contributed by atoms with Crippen molar-refractivity contribution in [2.75, 3.05) is 11.9 Å². The number of ether oxygens (including phenoxy) is 1. The van der Waals surface area contributed by atoms with Crippen LogP contribution in [0.1, 0.15) is 15.9 Å². The smallest absolute Gasteiger partial charge is 0.272 e. The minimum Gasteiger partial charge on any atom is -0.484 e. The molecular weight excluding hydrogens is 409 g/mol. The lowest BCUT2D eigenvalue weighted by Gasteiger charge is -2.07. The summed E-state index contributed by atoms with van der Waals surface area (Å²) in [5.74, 6) is -0.670. The Hall–Kier alpha value is -3.71. The number of hydrogen-bond acceptors (Lipinski definition) is 4. The normalized spacial score (nSPS) is 10.6. The predicted molar refractivity (Wildman–Crippen MR) is 113 cm³/mol. The quantitative estimate of drug-likeness (QED) is 0.438. The fourth-order valence-corrected chi connectivity index (χ4v) is 2.62. The molecule has 30 heavy (non-hydrogen) atoms. The summed E-state index contributed by atoms with van der Waals surface area (Å²) in [6.07, 6.45) is 1.47. The Balaban J connectivity index is 1.47. The Bertz CT molecular complexity index is 1050. The summed E-state index contributed by atoms with van der Waals surface area (Å²) in [5, 5.41) is 6.85. The molecule has 2 amide bonds. The van der Waals surface area contributed by atoms with Crippen LogP contribution in [0.2, 0.25) is 5.02 Å². The van der Waals surface area contributed by atoms with Crippen LogP contribution < -0.4 is 15.5 Å². The number of nitrogens with zero attached hydrogens (tertiary/aromatic N) is 1. The third-order valence-electron chi connectivity index (χ3n) is 3.88. The highest BCUT2D eigenvalue weighted by atomic mass is 35.5. The number of halogens is 2. The lowest BCUT2D eigenvalue weighted by Crippen LogP contribution is -2.20. The molecule has 2 N–H and O–H groups in total. The van der Waals surface area contributed by atoms with Crippen molar-refractivity contribution in [3.8, 4) is 5.75 Å². The van der Waals surface area contributed by atoms with E-state index in [0.717, 1.165) is 5.56 Å². The highest BCUT2D eigenvalue weighted by molar-refractivity contribution is 6.33. The molecule has 0 aromatic heterocycles. The van der Waals surface area contributed by atoms with E-state index >= 15 is 0 Å². The maximum atomic E-state index is 12.9. The van der Waals surface area contributed by atoms with Gasteiger partial charge < -0.3 is 10.1 Å². The van der Waals surface area contributed by atoms with Gasteiger partial charge in [0.1, 0.15) is 11.6 Å². The molecule has 6 nitrogen and oxygen atoms in total. The summed E-state index contributed by atoms with van der Waals surface area (Å²) in [5.41, 5.74) is 3.94. The average Bonchev–Trinajstić information content (AvgIpc) is 2.75. The van der Waals surface area contributed by atoms with Crippen LogP contribution in [0.5, 0.6) is 5.75 Å². The molecule has 0 spiro atoms. The van der Waals surface area contributed by atoms with E-state index < -0.39 is 5.91 Å². The monoisotopic (exact) mass is 425 g/mol. The number of nitrogens with one attached hydrogen (secondary N) is 2. The van der Waals surface area contributed by atoms with Crippen LogP contribution in [0, 0.1) is 5.82 Å². The lowest BCUT2D eigenvalue weighted by atomic mass is 10.2. The molecule has 0 atom stereocenters. The third-order valence-corrected chi connectivity index (χ3v) is 4.21. The Labute approximate surface area is 177 Å². The molecule has 0 saturated heterocycles. The zero-order chi connectivity index (χ0) is 21.3. The maximum absolute atomic E-state index is 12.9. The van der Waals surface area contributed by atoms with Crippen LogP contribution in [0.25, 0.3) is 0 Å². The van der Waals surface area contributed by atoms with Gasteiger partial charge in [0.25, 0.3) is 11.8 Å². The standard InChI is InChI=1S/C22H17ClFN3O3/c23-20-4-2-1-3-19(20)22(29)27-25-13-15-5-11-18(12-6-15)30-14-21(28)26-17-9-7-16(24)8-10-17/h1-13H,14H2,(H,26,28)(H,27,29)/b25-13-. The molecule has 8 heteroatoms. The number of carbonyl (C=O) groups is 2. The van der Waals surface area contributed by atoms with E-state index in [0.29, 0.717) is 22.0 Å². The second-order valence-corrected chi connectivity index (χ2v) is 6.50. The van der Waals surface area contributed by atoms with E-state index in [-0.39, 0.29) is 18.3 Å². The van der Waals surface area contributed by atoms with Crippen molar-refractivity contribution in [3.63, 3.8) is 0 Å². The predicted octanol–water partition coefficient (Wildman–Crippen LogP) is 4.26. The lowest BCUT2D eigenvalue weighted by molar-refractivity contribution is -0.118. The van der Waals surface area contributed by atoms with Crippen LogP contribution in [0.4, 0.5) is 10.1 Å². The van der Waals surface area contributed by atoms with E-state index in [1.54, 1.807) is 48.5 Å². The van der Waals surface area contributed by atoms with Gasteiger partial charge in [0.05, 0.1) is 16.8 Å². The second kappa shape index (κ2) is 10.2. The van der Waals surface area contributed by atoms with Gasteiger partial charge in [-0.3, -0.25) is 9.59 Å². The molecule has 3 rings (SSSR count). The number of hydrogen-bond donors (Lipinski definition) is 2. The van der Waals surface area contributed by atoms with E-state index in [1.807, 2.05) is 0 Å². The highest BCUT2D eigenvalue weighted by Gasteiger charge is 2.08. The third kappa shape index (κ3) is 6.15. The summed E-state index contributed by atoms with van der Waals surface area (Å²) in [6.45, 7) is -0.196. The number of rotatable bonds is 7. The first-order chi connectivity index (χ1) is 14.5. The average molecular weight is 426 g/mol. The number of carbonyl (C=O) groups excluding carboxylic acids is 2. The SMILES string of the molecule is O=C(COc1ccc(/C=N\NC(=O)c2ccccc2Cl)cc1)Nc1ccc(F)cc1. The van der Waals surface area contributed by atoms with Crippen molar-refractivity contribution in [3.05, 3.63) is 94.8 Å². The number of amides is 2. The van der Waals surface area contributed by atoms with Crippen LogP contribution in [-0.4, -0.2) is 24.6 Å². The number of hydrazone groups is 1. The Morgan fingerprint density at radius 3 is 2.40 bits per heavy atom. The minimum absolute atomic E-state index is 0.196. The van der Waals surface area contributed by atoms with Crippen LogP contribution in [-0.2, 0) is 4.79 Å². The second-order valence-electron chi connectivity index (χ2n) is 6.09. The van der Waals surface area contributed by atoms with Crippen molar-refractivity contribution in [2.24, 2.45) is 5.10 Å². The summed E-state index contributed by atoms with van der Waals surface area (Å²) in [7, 11) is 0. The van der Waals surface area contributed by atoms with Gasteiger partial charge in [0, 0.05) is 5.69 Å². The largest absolute Gasteiger partial charge is 0.484 e. The highest BCUT2D eigenvalue weighted by Crippen LogP contribution is 2.15. The van der Waals surface area contributed by atoms with Crippen molar-refractivity contribution < 1.29 is 18.7 Å². The molecule has 0 aliphatic rings. The molecule has 0 aliphatic carbocycles. The fraction of sp³-hybridized carbons (Fsp3) is 0.0455. The van der Waals surface area contributed by atoms with Gasteiger partial charge in [0.2, 0.25) is 0 Å². The molecule has 0 heterocycles. The molecule has 0 aliphatic heterocycles. The molecule has 0 bridgehead atoms.